The van der Waals surface area contributed by atoms with Crippen molar-refractivity contribution in [2.24, 2.45) is 0 Å². The van der Waals surface area contributed by atoms with E-state index in [2.05, 4.69) is 14.9 Å². The van der Waals surface area contributed by atoms with Crippen LogP contribution in [0.3, 0.4) is 0 Å². The summed E-state index contributed by atoms with van der Waals surface area (Å²) in [5.41, 5.74) is 7.24. The van der Waals surface area contributed by atoms with E-state index in [0.29, 0.717) is 16.4 Å². The standard InChI is InChI=1S/C11H10ClN3O3/c1-6-10(15-18-14-6)5-17-11(16)8-3-2-7(12)4-9(8)13/h2-4H,5,13H2,1H3. The van der Waals surface area contributed by atoms with Crippen LogP contribution in [0.2, 0.25) is 5.02 Å². The number of anilines is 1. The van der Waals surface area contributed by atoms with Crippen molar-refractivity contribution in [1.82, 2.24) is 10.3 Å². The van der Waals surface area contributed by atoms with Crippen LogP contribution in [0.25, 0.3) is 0 Å². The molecule has 0 bridgehead atoms. The molecule has 0 radical (unpaired) electrons. The van der Waals surface area contributed by atoms with Crippen molar-refractivity contribution in [3.8, 4) is 0 Å². The lowest BCUT2D eigenvalue weighted by Crippen LogP contribution is -2.08. The van der Waals surface area contributed by atoms with Crippen LogP contribution in [0.4, 0.5) is 5.69 Å². The van der Waals surface area contributed by atoms with Gasteiger partial charge in [-0.3, -0.25) is 0 Å². The smallest absolute Gasteiger partial charge is 0.340 e. The number of hydrogen-bond donors (Lipinski definition) is 1. The molecule has 1 heterocycles. The number of rotatable bonds is 3. The second-order valence-electron chi connectivity index (χ2n) is 3.60. The molecule has 1 aromatic heterocycles. The number of hydrogen-bond acceptors (Lipinski definition) is 6. The van der Waals surface area contributed by atoms with Crippen LogP contribution in [0.1, 0.15) is 21.7 Å². The van der Waals surface area contributed by atoms with Crippen LogP contribution in [0, 0.1) is 6.92 Å². The minimum atomic E-state index is -0.549. The minimum Gasteiger partial charge on any atom is -0.455 e. The van der Waals surface area contributed by atoms with Gasteiger partial charge in [-0.2, -0.15) is 0 Å². The third-order valence-corrected chi connectivity index (χ3v) is 2.56. The van der Waals surface area contributed by atoms with E-state index in [1.165, 1.54) is 12.1 Å². The maximum Gasteiger partial charge on any atom is 0.340 e. The van der Waals surface area contributed by atoms with Gasteiger partial charge in [0.1, 0.15) is 18.0 Å². The fourth-order valence-electron chi connectivity index (χ4n) is 1.31. The summed E-state index contributed by atoms with van der Waals surface area (Å²) in [5, 5.41) is 7.64. The highest BCUT2D eigenvalue weighted by Gasteiger charge is 2.13. The third kappa shape index (κ3) is 2.60. The molecule has 0 aliphatic heterocycles. The van der Waals surface area contributed by atoms with Gasteiger partial charge in [0.25, 0.3) is 0 Å². The number of aryl methyl sites for hydroxylation is 1. The van der Waals surface area contributed by atoms with E-state index in [-0.39, 0.29) is 17.9 Å². The van der Waals surface area contributed by atoms with Crippen LogP contribution >= 0.6 is 11.6 Å². The van der Waals surface area contributed by atoms with E-state index in [9.17, 15) is 4.79 Å². The number of esters is 1. The lowest BCUT2D eigenvalue weighted by atomic mass is 10.2. The third-order valence-electron chi connectivity index (χ3n) is 2.32. The van der Waals surface area contributed by atoms with Crippen LogP contribution in [-0.2, 0) is 11.3 Å². The largest absolute Gasteiger partial charge is 0.455 e. The van der Waals surface area contributed by atoms with Crippen molar-refractivity contribution in [3.63, 3.8) is 0 Å². The van der Waals surface area contributed by atoms with Crippen molar-refractivity contribution in [1.29, 1.82) is 0 Å². The van der Waals surface area contributed by atoms with Crippen molar-refractivity contribution in [3.05, 3.63) is 40.2 Å². The number of carbonyl (C=O) groups is 1. The van der Waals surface area contributed by atoms with E-state index in [4.69, 9.17) is 22.1 Å². The average molecular weight is 268 g/mol. The number of nitrogens with zero attached hydrogens (tertiary/aromatic N) is 2. The molecule has 0 fully saturated rings. The summed E-state index contributed by atoms with van der Waals surface area (Å²) in [7, 11) is 0. The maximum atomic E-state index is 11.8. The van der Waals surface area contributed by atoms with Gasteiger partial charge in [0, 0.05) is 10.7 Å². The molecule has 6 nitrogen and oxygen atoms in total. The summed E-state index contributed by atoms with van der Waals surface area (Å²) in [6.45, 7) is 1.69. The molecule has 94 valence electrons. The second-order valence-corrected chi connectivity index (χ2v) is 4.04. The van der Waals surface area contributed by atoms with E-state index < -0.39 is 5.97 Å². The molecule has 0 amide bonds. The van der Waals surface area contributed by atoms with E-state index in [1.807, 2.05) is 0 Å². The Morgan fingerprint density at radius 1 is 1.50 bits per heavy atom. The monoisotopic (exact) mass is 267 g/mol. The van der Waals surface area contributed by atoms with Gasteiger partial charge in [0.05, 0.1) is 5.56 Å². The quantitative estimate of drug-likeness (QED) is 0.675. The Hall–Kier alpha value is -2.08. The van der Waals surface area contributed by atoms with Crippen molar-refractivity contribution >= 4 is 23.3 Å². The van der Waals surface area contributed by atoms with Gasteiger partial charge in [0.2, 0.25) is 0 Å². The summed E-state index contributed by atoms with van der Waals surface area (Å²) in [6.07, 6.45) is 0. The highest BCUT2D eigenvalue weighted by atomic mass is 35.5. The summed E-state index contributed by atoms with van der Waals surface area (Å²) in [6, 6.07) is 4.56. The lowest BCUT2D eigenvalue weighted by Gasteiger charge is -2.05. The molecule has 0 atom stereocenters. The molecule has 0 aliphatic carbocycles. The number of nitrogen functional groups attached to an aromatic ring is 1. The van der Waals surface area contributed by atoms with Crippen LogP contribution in [0.5, 0.6) is 0 Å². The summed E-state index contributed by atoms with van der Waals surface area (Å²) in [5.74, 6) is -0.549. The topological polar surface area (TPSA) is 91.2 Å². The SMILES string of the molecule is Cc1nonc1COC(=O)c1ccc(Cl)cc1N. The first-order valence-corrected chi connectivity index (χ1v) is 5.46. The van der Waals surface area contributed by atoms with Gasteiger partial charge < -0.3 is 10.5 Å². The van der Waals surface area contributed by atoms with E-state index >= 15 is 0 Å². The first-order valence-electron chi connectivity index (χ1n) is 5.08. The first kappa shape index (κ1) is 12.4. The van der Waals surface area contributed by atoms with E-state index in [0.717, 1.165) is 0 Å². The number of aromatic nitrogens is 2. The molecule has 1 aromatic carbocycles. The van der Waals surface area contributed by atoms with Crippen LogP contribution < -0.4 is 5.73 Å². The Kier molecular flexibility index (Phi) is 3.47. The summed E-state index contributed by atoms with van der Waals surface area (Å²) < 4.78 is 9.54. The highest BCUT2D eigenvalue weighted by Crippen LogP contribution is 2.19. The number of halogens is 1. The molecule has 0 unspecified atom stereocenters. The van der Waals surface area contributed by atoms with Gasteiger partial charge in [-0.05, 0) is 25.1 Å². The molecular weight excluding hydrogens is 258 g/mol. The van der Waals surface area contributed by atoms with Crippen molar-refractivity contribution < 1.29 is 14.2 Å². The molecule has 18 heavy (non-hydrogen) atoms. The maximum absolute atomic E-state index is 11.8. The molecule has 0 saturated carbocycles. The first-order chi connectivity index (χ1) is 8.58. The average Bonchev–Trinajstić information content (AvgIpc) is 2.72. The molecule has 2 N–H and O–H groups in total. The molecule has 2 rings (SSSR count). The van der Waals surface area contributed by atoms with Gasteiger partial charge in [0.15, 0.2) is 0 Å². The van der Waals surface area contributed by atoms with Crippen LogP contribution in [0.15, 0.2) is 22.8 Å². The van der Waals surface area contributed by atoms with E-state index in [1.54, 1.807) is 13.0 Å². The minimum absolute atomic E-state index is 0.0176. The van der Waals surface area contributed by atoms with Gasteiger partial charge in [-0.15, -0.1) is 0 Å². The van der Waals surface area contributed by atoms with Gasteiger partial charge >= 0.3 is 5.97 Å². The normalized spacial score (nSPS) is 10.3. The Morgan fingerprint density at radius 2 is 2.28 bits per heavy atom. The van der Waals surface area contributed by atoms with Gasteiger partial charge in [-0.1, -0.05) is 21.9 Å². The number of ether oxygens (including phenoxy) is 1. The Balaban J connectivity index is 2.06. The molecule has 2 aromatic rings. The zero-order chi connectivity index (χ0) is 13.1. The predicted octanol–water partition coefficient (Wildman–Crippen LogP) is 1.97. The zero-order valence-electron chi connectivity index (χ0n) is 9.51. The van der Waals surface area contributed by atoms with Gasteiger partial charge in [-0.25, -0.2) is 9.42 Å². The molecule has 0 spiro atoms. The highest BCUT2D eigenvalue weighted by molar-refractivity contribution is 6.31. The molecular formula is C11H10ClN3O3. The number of benzene rings is 1. The Morgan fingerprint density at radius 3 is 2.89 bits per heavy atom. The summed E-state index contributed by atoms with van der Waals surface area (Å²) in [4.78, 5) is 11.8. The Bertz CT molecular complexity index is 583. The summed E-state index contributed by atoms with van der Waals surface area (Å²) >= 11 is 5.74. The Labute approximate surface area is 108 Å². The van der Waals surface area contributed by atoms with Crippen molar-refractivity contribution in [2.45, 2.75) is 13.5 Å². The lowest BCUT2D eigenvalue weighted by molar-refractivity contribution is 0.0464. The van der Waals surface area contributed by atoms with Crippen molar-refractivity contribution in [2.75, 3.05) is 5.73 Å². The molecule has 0 saturated heterocycles. The van der Waals surface area contributed by atoms with Crippen LogP contribution in [-0.4, -0.2) is 16.3 Å². The fourth-order valence-corrected chi connectivity index (χ4v) is 1.49. The molecule has 0 aliphatic rings. The second kappa shape index (κ2) is 5.05. The predicted molar refractivity (Wildman–Crippen MR) is 64.0 cm³/mol. The zero-order valence-corrected chi connectivity index (χ0v) is 10.3. The fraction of sp³-hybridized carbons (Fsp3) is 0.182. The number of carbonyl (C=O) groups excluding carboxylic acids is 1. The molecule has 7 heteroatoms. The number of nitrogens with two attached hydrogens (primary N) is 1.